The monoisotopic (exact) mass is 252 g/mol. The fraction of sp³-hybridized carbons (Fsp3) is 0.769. The van der Waals surface area contributed by atoms with Crippen LogP contribution in [0.3, 0.4) is 0 Å². The number of rotatable bonds is 3. The molecule has 0 aliphatic carbocycles. The van der Waals surface area contributed by atoms with E-state index >= 15 is 0 Å². The first-order valence-electron chi connectivity index (χ1n) is 6.53. The zero-order valence-electron chi connectivity index (χ0n) is 11.9. The summed E-state index contributed by atoms with van der Waals surface area (Å²) in [6.45, 7) is 6.67. The lowest BCUT2D eigenvalue weighted by atomic mass is 9.94. The van der Waals surface area contributed by atoms with Crippen LogP contribution in [-0.2, 0) is 18.3 Å². The predicted octanol–water partition coefficient (Wildman–Crippen LogP) is 1.19. The van der Waals surface area contributed by atoms with Gasteiger partial charge in [-0.2, -0.15) is 5.10 Å². The third-order valence-electron chi connectivity index (χ3n) is 3.97. The molecule has 5 nitrogen and oxygen atoms in total. The van der Waals surface area contributed by atoms with Gasteiger partial charge in [-0.25, -0.2) is 0 Å². The number of hydrogen-bond acceptors (Lipinski definition) is 4. The molecule has 5 heteroatoms. The van der Waals surface area contributed by atoms with Crippen LogP contribution in [0.4, 0.5) is 5.82 Å². The maximum absolute atomic E-state index is 5.86. The average molecular weight is 252 g/mol. The van der Waals surface area contributed by atoms with Crippen LogP contribution in [0.15, 0.2) is 0 Å². The second kappa shape index (κ2) is 4.90. The Morgan fingerprint density at radius 2 is 2.22 bits per heavy atom. The Kier molecular flexibility index (Phi) is 3.64. The molecule has 1 aliphatic rings. The zero-order chi connectivity index (χ0) is 13.3. The van der Waals surface area contributed by atoms with E-state index in [1.54, 1.807) is 7.11 Å². The molecule has 1 fully saturated rings. The molecule has 0 saturated carbocycles. The fourth-order valence-electron chi connectivity index (χ4n) is 2.88. The molecule has 1 atom stereocenters. The normalized spacial score (nSPS) is 24.6. The van der Waals surface area contributed by atoms with E-state index in [-0.39, 0.29) is 5.60 Å². The maximum atomic E-state index is 5.86. The van der Waals surface area contributed by atoms with Crippen molar-refractivity contribution in [1.29, 1.82) is 0 Å². The first-order chi connectivity index (χ1) is 8.50. The topological polar surface area (TPSA) is 56.3 Å². The van der Waals surface area contributed by atoms with Gasteiger partial charge in [0.15, 0.2) is 0 Å². The summed E-state index contributed by atoms with van der Waals surface area (Å²) in [4.78, 5) is 2.36. The number of methoxy groups -OCH3 is 1. The van der Waals surface area contributed by atoms with Crippen LogP contribution in [0.1, 0.15) is 31.0 Å². The molecule has 1 aromatic heterocycles. The minimum Gasteiger partial charge on any atom is -0.377 e. The molecule has 0 spiro atoms. The van der Waals surface area contributed by atoms with Gasteiger partial charge in [0.1, 0.15) is 5.82 Å². The van der Waals surface area contributed by atoms with Gasteiger partial charge >= 0.3 is 0 Å². The molecule has 102 valence electrons. The lowest BCUT2D eigenvalue weighted by Gasteiger charge is -2.40. The molecule has 0 bridgehead atoms. The van der Waals surface area contributed by atoms with Gasteiger partial charge in [-0.15, -0.1) is 0 Å². The van der Waals surface area contributed by atoms with Gasteiger partial charge in [0.2, 0.25) is 0 Å². The Morgan fingerprint density at radius 1 is 1.50 bits per heavy atom. The number of ether oxygens (including phenoxy) is 1. The molecule has 1 aliphatic heterocycles. The van der Waals surface area contributed by atoms with Crippen LogP contribution in [0.5, 0.6) is 0 Å². The molecule has 18 heavy (non-hydrogen) atoms. The van der Waals surface area contributed by atoms with Crippen molar-refractivity contribution in [3.8, 4) is 0 Å². The minimum absolute atomic E-state index is 0.0672. The summed E-state index contributed by atoms with van der Waals surface area (Å²) < 4.78 is 7.59. The molecule has 0 amide bonds. The smallest absolute Gasteiger partial charge is 0.131 e. The quantitative estimate of drug-likeness (QED) is 0.878. The second-order valence-corrected chi connectivity index (χ2v) is 5.39. The lowest BCUT2D eigenvalue weighted by molar-refractivity contribution is -0.00496. The van der Waals surface area contributed by atoms with E-state index in [0.717, 1.165) is 43.0 Å². The largest absolute Gasteiger partial charge is 0.377 e. The number of nitrogens with two attached hydrogens (primary N) is 1. The van der Waals surface area contributed by atoms with Crippen molar-refractivity contribution in [2.75, 3.05) is 25.1 Å². The molecule has 2 heterocycles. The molecule has 2 rings (SSSR count). The molecule has 1 aromatic rings. The Bertz CT molecular complexity index is 429. The van der Waals surface area contributed by atoms with Gasteiger partial charge in [0.25, 0.3) is 0 Å². The van der Waals surface area contributed by atoms with Gasteiger partial charge in [0.05, 0.1) is 11.3 Å². The Hall–Kier alpha value is -1.07. The van der Waals surface area contributed by atoms with Gasteiger partial charge in [-0.1, -0.05) is 0 Å². The summed E-state index contributed by atoms with van der Waals surface area (Å²) in [5.74, 6) is 1.15. The van der Waals surface area contributed by atoms with E-state index in [4.69, 9.17) is 10.5 Å². The number of nitrogens with zero attached hydrogens (tertiary/aromatic N) is 3. The van der Waals surface area contributed by atoms with Gasteiger partial charge in [-0.05, 0) is 26.7 Å². The van der Waals surface area contributed by atoms with Gasteiger partial charge in [-0.3, -0.25) is 4.68 Å². The highest BCUT2D eigenvalue weighted by Gasteiger charge is 2.33. The molecule has 1 saturated heterocycles. The van der Waals surface area contributed by atoms with E-state index in [9.17, 15) is 0 Å². The van der Waals surface area contributed by atoms with E-state index in [2.05, 4.69) is 16.9 Å². The third kappa shape index (κ3) is 2.24. The number of hydrogen-bond donors (Lipinski definition) is 1. The highest BCUT2D eigenvalue weighted by Crippen LogP contribution is 2.30. The number of anilines is 1. The molecule has 0 aromatic carbocycles. The summed E-state index contributed by atoms with van der Waals surface area (Å²) in [5, 5.41) is 4.48. The van der Waals surface area contributed by atoms with Crippen molar-refractivity contribution in [3.05, 3.63) is 11.3 Å². The van der Waals surface area contributed by atoms with Crippen molar-refractivity contribution in [2.24, 2.45) is 12.8 Å². The average Bonchev–Trinajstić information content (AvgIpc) is 2.63. The van der Waals surface area contributed by atoms with E-state index in [1.807, 2.05) is 18.7 Å². The summed E-state index contributed by atoms with van der Waals surface area (Å²) in [6.07, 6.45) is 2.24. The van der Waals surface area contributed by atoms with Gasteiger partial charge in [0, 0.05) is 39.4 Å². The van der Waals surface area contributed by atoms with Crippen LogP contribution in [-0.4, -0.2) is 35.6 Å². The lowest BCUT2D eigenvalue weighted by Crippen LogP contribution is -2.48. The van der Waals surface area contributed by atoms with E-state index in [0.29, 0.717) is 6.54 Å². The molecular formula is C13H24N4O. The number of aryl methyl sites for hydroxylation is 2. The van der Waals surface area contributed by atoms with E-state index < -0.39 is 0 Å². The maximum Gasteiger partial charge on any atom is 0.131 e. The van der Waals surface area contributed by atoms with Crippen LogP contribution in [0.2, 0.25) is 0 Å². The van der Waals surface area contributed by atoms with E-state index in [1.165, 1.54) is 0 Å². The van der Waals surface area contributed by atoms with Crippen molar-refractivity contribution < 1.29 is 4.74 Å². The SMILES string of the molecule is COC1(C)CCCN(c2c(CN)c(C)nn2C)C1. The summed E-state index contributed by atoms with van der Waals surface area (Å²) in [5.41, 5.74) is 7.97. The highest BCUT2D eigenvalue weighted by molar-refractivity contribution is 5.50. The molecule has 1 unspecified atom stereocenters. The van der Waals surface area contributed by atoms with Crippen LogP contribution < -0.4 is 10.6 Å². The summed E-state index contributed by atoms with van der Waals surface area (Å²) in [6, 6.07) is 0. The minimum atomic E-state index is -0.0672. The molecule has 0 radical (unpaired) electrons. The van der Waals surface area contributed by atoms with Crippen LogP contribution >= 0.6 is 0 Å². The van der Waals surface area contributed by atoms with Crippen molar-refractivity contribution in [2.45, 2.75) is 38.8 Å². The number of piperidine rings is 1. The van der Waals surface area contributed by atoms with Crippen LogP contribution in [0, 0.1) is 6.92 Å². The first kappa shape index (κ1) is 13.4. The summed E-state index contributed by atoms with van der Waals surface area (Å²) >= 11 is 0. The Labute approximate surface area is 109 Å². The Morgan fingerprint density at radius 3 is 2.83 bits per heavy atom. The van der Waals surface area contributed by atoms with Crippen molar-refractivity contribution >= 4 is 5.82 Å². The molecular weight excluding hydrogens is 228 g/mol. The van der Waals surface area contributed by atoms with Crippen molar-refractivity contribution in [3.63, 3.8) is 0 Å². The predicted molar refractivity (Wildman–Crippen MR) is 72.7 cm³/mol. The molecule has 2 N–H and O–H groups in total. The van der Waals surface area contributed by atoms with Crippen molar-refractivity contribution in [1.82, 2.24) is 9.78 Å². The third-order valence-corrected chi connectivity index (χ3v) is 3.97. The zero-order valence-corrected chi connectivity index (χ0v) is 11.9. The second-order valence-electron chi connectivity index (χ2n) is 5.39. The van der Waals surface area contributed by atoms with Gasteiger partial charge < -0.3 is 15.4 Å². The van der Waals surface area contributed by atoms with Crippen LogP contribution in [0.25, 0.3) is 0 Å². The summed E-state index contributed by atoms with van der Waals surface area (Å²) in [7, 11) is 3.78. The Balaban J connectivity index is 2.31. The standard InChI is InChI=1S/C13H24N4O/c1-10-11(8-14)12(16(3)15-10)17-7-5-6-13(2,9-17)18-4/h5-9,14H2,1-4H3. The fourth-order valence-corrected chi connectivity index (χ4v) is 2.88. The first-order valence-corrected chi connectivity index (χ1v) is 6.53. The number of aromatic nitrogens is 2. The highest BCUT2D eigenvalue weighted by atomic mass is 16.5.